The summed E-state index contributed by atoms with van der Waals surface area (Å²) in [5.41, 5.74) is 0.874. The molecule has 2 aromatic rings. The van der Waals surface area contributed by atoms with Gasteiger partial charge in [-0.15, -0.1) is 11.8 Å². The highest BCUT2D eigenvalue weighted by atomic mass is 32.2. The number of nitrogens with one attached hydrogen (secondary N) is 1. The van der Waals surface area contributed by atoms with E-state index in [0.717, 1.165) is 22.6 Å². The number of hydrogen-bond acceptors (Lipinski definition) is 3. The van der Waals surface area contributed by atoms with Crippen molar-refractivity contribution in [2.75, 3.05) is 6.26 Å². The molecule has 6 heteroatoms. The van der Waals surface area contributed by atoms with E-state index in [4.69, 9.17) is 0 Å². The minimum Gasteiger partial charge on any atom is -0.207 e. The van der Waals surface area contributed by atoms with Crippen molar-refractivity contribution in [1.82, 2.24) is 4.72 Å². The Morgan fingerprint density at radius 2 is 1.62 bits per heavy atom. The first-order valence-electron chi connectivity index (χ1n) is 6.34. The van der Waals surface area contributed by atoms with E-state index in [1.54, 1.807) is 18.7 Å². The predicted molar refractivity (Wildman–Crippen MR) is 83.4 cm³/mol. The zero-order chi connectivity index (χ0) is 15.5. The molecular weight excluding hydrogens is 309 g/mol. The molecule has 0 aliphatic heterocycles. The van der Waals surface area contributed by atoms with Gasteiger partial charge in [0.15, 0.2) is 0 Å². The molecule has 0 aliphatic carbocycles. The Morgan fingerprint density at radius 1 is 1.05 bits per heavy atom. The van der Waals surface area contributed by atoms with Crippen LogP contribution in [-0.4, -0.2) is 14.7 Å². The van der Waals surface area contributed by atoms with Gasteiger partial charge in [-0.3, -0.25) is 0 Å². The third-order valence-electron chi connectivity index (χ3n) is 3.07. The summed E-state index contributed by atoms with van der Waals surface area (Å²) in [6, 6.07) is 12.1. The van der Waals surface area contributed by atoms with E-state index in [9.17, 15) is 12.8 Å². The third-order valence-corrected chi connectivity index (χ3v) is 5.37. The van der Waals surface area contributed by atoms with Crippen LogP contribution in [-0.2, 0) is 10.0 Å². The van der Waals surface area contributed by atoms with Crippen LogP contribution in [0.2, 0.25) is 0 Å². The summed E-state index contributed by atoms with van der Waals surface area (Å²) in [6.07, 6.45) is 1.98. The molecule has 0 spiro atoms. The van der Waals surface area contributed by atoms with E-state index in [1.807, 2.05) is 30.5 Å². The Bertz CT molecular complexity index is 697. The first-order valence-corrected chi connectivity index (χ1v) is 9.05. The minimum absolute atomic E-state index is 0.0523. The summed E-state index contributed by atoms with van der Waals surface area (Å²) < 4.78 is 39.9. The van der Waals surface area contributed by atoms with Gasteiger partial charge < -0.3 is 0 Å². The summed E-state index contributed by atoms with van der Waals surface area (Å²) in [4.78, 5) is 1.17. The van der Waals surface area contributed by atoms with Gasteiger partial charge in [-0.2, -0.15) is 0 Å². The Hall–Kier alpha value is -1.37. The van der Waals surface area contributed by atoms with Gasteiger partial charge in [0.25, 0.3) is 0 Å². The van der Waals surface area contributed by atoms with Gasteiger partial charge in [0, 0.05) is 10.9 Å². The average Bonchev–Trinajstić information content (AvgIpc) is 2.47. The second kappa shape index (κ2) is 6.60. The van der Waals surface area contributed by atoms with E-state index in [2.05, 4.69) is 4.72 Å². The number of hydrogen-bond donors (Lipinski definition) is 1. The zero-order valence-corrected chi connectivity index (χ0v) is 13.3. The van der Waals surface area contributed by atoms with Gasteiger partial charge in [0.05, 0.1) is 4.90 Å². The fourth-order valence-corrected chi connectivity index (χ4v) is 3.52. The lowest BCUT2D eigenvalue weighted by Gasteiger charge is -2.15. The number of thioether (sulfide) groups is 1. The van der Waals surface area contributed by atoms with Crippen molar-refractivity contribution >= 4 is 21.8 Å². The number of benzene rings is 2. The second-order valence-corrected chi connectivity index (χ2v) is 7.16. The molecule has 112 valence electrons. The standard InChI is InChI=1S/C15H16FNO2S2/c1-11(12-3-7-14(20-2)8-4-12)17-21(18,19)15-9-5-13(16)6-10-15/h3-11,17H,1-2H3/t11-/m0/s1. The maximum atomic E-state index is 12.9. The first-order chi connectivity index (χ1) is 9.92. The van der Waals surface area contributed by atoms with Crippen molar-refractivity contribution in [2.24, 2.45) is 0 Å². The molecule has 0 amide bonds. The minimum atomic E-state index is -3.66. The van der Waals surface area contributed by atoms with Crippen LogP contribution >= 0.6 is 11.8 Å². The van der Waals surface area contributed by atoms with E-state index in [0.29, 0.717) is 0 Å². The van der Waals surface area contributed by atoms with Crippen LogP contribution in [0.25, 0.3) is 0 Å². The summed E-state index contributed by atoms with van der Waals surface area (Å²) in [5.74, 6) is -0.463. The molecule has 3 nitrogen and oxygen atoms in total. The van der Waals surface area contributed by atoms with Crippen LogP contribution in [0, 0.1) is 5.82 Å². The topological polar surface area (TPSA) is 46.2 Å². The predicted octanol–water partition coefficient (Wildman–Crippen LogP) is 3.59. The molecule has 2 aromatic carbocycles. The lowest BCUT2D eigenvalue weighted by atomic mass is 10.1. The lowest BCUT2D eigenvalue weighted by molar-refractivity contribution is 0.566. The molecule has 2 rings (SSSR count). The smallest absolute Gasteiger partial charge is 0.207 e. The molecule has 0 saturated heterocycles. The van der Waals surface area contributed by atoms with Crippen LogP contribution in [0.5, 0.6) is 0 Å². The first kappa shape index (κ1) is 16.0. The maximum Gasteiger partial charge on any atom is 0.241 e. The Morgan fingerprint density at radius 3 is 2.14 bits per heavy atom. The van der Waals surface area contributed by atoms with Crippen LogP contribution in [0.1, 0.15) is 18.5 Å². The van der Waals surface area contributed by atoms with Crippen LogP contribution in [0.15, 0.2) is 58.3 Å². The molecule has 0 aliphatic rings. The van der Waals surface area contributed by atoms with Crippen molar-refractivity contribution in [3.05, 3.63) is 59.9 Å². The van der Waals surface area contributed by atoms with Crippen molar-refractivity contribution in [1.29, 1.82) is 0 Å². The summed E-state index contributed by atoms with van der Waals surface area (Å²) in [6.45, 7) is 1.77. The van der Waals surface area contributed by atoms with E-state index in [-0.39, 0.29) is 10.9 Å². The van der Waals surface area contributed by atoms with Gasteiger partial charge >= 0.3 is 0 Å². The van der Waals surface area contributed by atoms with Gasteiger partial charge in [-0.05, 0) is 55.1 Å². The fourth-order valence-electron chi connectivity index (χ4n) is 1.88. The molecule has 0 unspecified atom stereocenters. The third kappa shape index (κ3) is 4.06. The van der Waals surface area contributed by atoms with Crippen LogP contribution < -0.4 is 4.72 Å². The highest BCUT2D eigenvalue weighted by Crippen LogP contribution is 2.20. The average molecular weight is 325 g/mol. The summed E-state index contributed by atoms with van der Waals surface area (Å²) in [5, 5.41) is 0. The van der Waals surface area contributed by atoms with E-state index >= 15 is 0 Å². The Labute approximate surface area is 128 Å². The summed E-state index contributed by atoms with van der Waals surface area (Å²) in [7, 11) is -3.66. The quantitative estimate of drug-likeness (QED) is 0.855. The van der Waals surface area contributed by atoms with Crippen molar-refractivity contribution in [2.45, 2.75) is 22.8 Å². The zero-order valence-electron chi connectivity index (χ0n) is 11.7. The van der Waals surface area contributed by atoms with E-state index in [1.165, 1.54) is 12.1 Å². The van der Waals surface area contributed by atoms with Crippen LogP contribution in [0.4, 0.5) is 4.39 Å². The molecule has 21 heavy (non-hydrogen) atoms. The molecule has 1 atom stereocenters. The van der Waals surface area contributed by atoms with Gasteiger partial charge in [0.1, 0.15) is 5.82 Å². The molecule has 0 heterocycles. The molecule has 0 fully saturated rings. The normalized spacial score (nSPS) is 13.1. The maximum absolute atomic E-state index is 12.9. The number of rotatable bonds is 5. The van der Waals surface area contributed by atoms with Crippen molar-refractivity contribution in [3.63, 3.8) is 0 Å². The van der Waals surface area contributed by atoms with Gasteiger partial charge in [-0.25, -0.2) is 17.5 Å². The molecule has 0 aromatic heterocycles. The molecule has 0 radical (unpaired) electrons. The largest absolute Gasteiger partial charge is 0.241 e. The molecule has 0 saturated carbocycles. The van der Waals surface area contributed by atoms with Gasteiger partial charge in [-0.1, -0.05) is 12.1 Å². The lowest BCUT2D eigenvalue weighted by Crippen LogP contribution is -2.26. The fraction of sp³-hybridized carbons (Fsp3) is 0.200. The highest BCUT2D eigenvalue weighted by molar-refractivity contribution is 7.98. The van der Waals surface area contributed by atoms with Crippen molar-refractivity contribution < 1.29 is 12.8 Å². The molecular formula is C15H16FNO2S2. The summed E-state index contributed by atoms with van der Waals surface area (Å²) >= 11 is 1.63. The second-order valence-electron chi connectivity index (χ2n) is 4.57. The Kier molecular flexibility index (Phi) is 5.03. The monoisotopic (exact) mass is 325 g/mol. The highest BCUT2D eigenvalue weighted by Gasteiger charge is 2.18. The molecule has 0 bridgehead atoms. The number of sulfonamides is 1. The molecule has 1 N–H and O–H groups in total. The van der Waals surface area contributed by atoms with Crippen LogP contribution in [0.3, 0.4) is 0 Å². The van der Waals surface area contributed by atoms with Crippen molar-refractivity contribution in [3.8, 4) is 0 Å². The van der Waals surface area contributed by atoms with Gasteiger partial charge in [0.2, 0.25) is 10.0 Å². The number of halogens is 1. The Balaban J connectivity index is 2.17. The SMILES string of the molecule is CSc1ccc([C@H](C)NS(=O)(=O)c2ccc(F)cc2)cc1. The van der Waals surface area contributed by atoms with E-state index < -0.39 is 15.8 Å².